The van der Waals surface area contributed by atoms with Crippen LogP contribution in [0.15, 0.2) is 18.2 Å². The lowest BCUT2D eigenvalue weighted by Crippen LogP contribution is -2.49. The normalized spacial score (nSPS) is 19.0. The Morgan fingerprint density at radius 1 is 1.45 bits per heavy atom. The highest BCUT2D eigenvalue weighted by Crippen LogP contribution is 2.20. The molecule has 0 spiro atoms. The Morgan fingerprint density at radius 2 is 2.18 bits per heavy atom. The number of halogens is 2. The summed E-state index contributed by atoms with van der Waals surface area (Å²) in [4.78, 5) is 13.6. The molecular formula is C13H17ClFN3O3S. The van der Waals surface area contributed by atoms with E-state index in [9.17, 15) is 17.6 Å². The van der Waals surface area contributed by atoms with E-state index in [2.05, 4.69) is 10.0 Å². The summed E-state index contributed by atoms with van der Waals surface area (Å²) in [7, 11) is -2.07. The van der Waals surface area contributed by atoms with E-state index >= 15 is 0 Å². The average Bonchev–Trinajstić information content (AvgIpc) is 2.51. The van der Waals surface area contributed by atoms with Crippen molar-refractivity contribution >= 4 is 33.3 Å². The second-order valence-electron chi connectivity index (χ2n) is 5.02. The summed E-state index contributed by atoms with van der Waals surface area (Å²) < 4.78 is 39.3. The summed E-state index contributed by atoms with van der Waals surface area (Å²) in [5.74, 6) is -0.631. The second kappa shape index (κ2) is 6.80. The van der Waals surface area contributed by atoms with Crippen molar-refractivity contribution in [2.75, 3.05) is 25.5 Å². The van der Waals surface area contributed by atoms with Gasteiger partial charge in [0.05, 0.1) is 10.3 Å². The molecule has 0 aromatic heterocycles. The number of carbonyl (C=O) groups excluding carboxylic acids is 1. The molecule has 22 heavy (non-hydrogen) atoms. The van der Waals surface area contributed by atoms with E-state index in [1.807, 2.05) is 0 Å². The fourth-order valence-corrected chi connectivity index (χ4v) is 3.62. The van der Waals surface area contributed by atoms with Crippen molar-refractivity contribution in [2.24, 2.45) is 0 Å². The summed E-state index contributed by atoms with van der Waals surface area (Å²) in [6.07, 6.45) is 1.09. The van der Waals surface area contributed by atoms with Gasteiger partial charge in [0.25, 0.3) is 0 Å². The first-order chi connectivity index (χ1) is 10.3. The number of hydrogen-bond acceptors (Lipinski definition) is 3. The molecule has 0 unspecified atom stereocenters. The standard InChI is InChI=1S/C13H17ClFN3O3S/c1-16-22(20,21)10-3-2-6-18(8-10)13(19)17-9-4-5-11(14)12(15)7-9/h4-5,7,10,16H,2-3,6,8H2,1H3,(H,17,19)/t10-/m1/s1. The molecule has 2 amide bonds. The van der Waals surface area contributed by atoms with Gasteiger partial charge in [0.2, 0.25) is 10.0 Å². The number of rotatable bonds is 3. The largest absolute Gasteiger partial charge is 0.323 e. The molecule has 0 bridgehead atoms. The van der Waals surface area contributed by atoms with Gasteiger partial charge in [-0.05, 0) is 38.1 Å². The molecule has 1 fully saturated rings. The topological polar surface area (TPSA) is 78.5 Å². The second-order valence-corrected chi connectivity index (χ2v) is 7.59. The molecular weight excluding hydrogens is 333 g/mol. The van der Waals surface area contributed by atoms with Gasteiger partial charge < -0.3 is 10.2 Å². The van der Waals surface area contributed by atoms with E-state index in [4.69, 9.17) is 11.6 Å². The molecule has 1 aromatic rings. The number of hydrogen-bond donors (Lipinski definition) is 2. The summed E-state index contributed by atoms with van der Waals surface area (Å²) >= 11 is 5.58. The van der Waals surface area contributed by atoms with Crippen molar-refractivity contribution in [3.05, 3.63) is 29.0 Å². The van der Waals surface area contributed by atoms with Gasteiger partial charge in [-0.2, -0.15) is 0 Å². The van der Waals surface area contributed by atoms with Gasteiger partial charge in [0, 0.05) is 18.8 Å². The van der Waals surface area contributed by atoms with Gasteiger partial charge in [-0.25, -0.2) is 22.3 Å². The van der Waals surface area contributed by atoms with Crippen molar-refractivity contribution in [1.82, 2.24) is 9.62 Å². The monoisotopic (exact) mass is 349 g/mol. The van der Waals surface area contributed by atoms with E-state index in [0.29, 0.717) is 19.4 Å². The third-order valence-electron chi connectivity index (χ3n) is 3.56. The summed E-state index contributed by atoms with van der Waals surface area (Å²) in [6.45, 7) is 0.558. The van der Waals surface area contributed by atoms with Crippen LogP contribution in [0.25, 0.3) is 0 Å². The molecule has 1 saturated heterocycles. The van der Waals surface area contributed by atoms with Gasteiger partial charge in [0.1, 0.15) is 5.82 Å². The van der Waals surface area contributed by atoms with Crippen molar-refractivity contribution in [3.63, 3.8) is 0 Å². The van der Waals surface area contributed by atoms with Gasteiger partial charge in [0.15, 0.2) is 0 Å². The van der Waals surface area contributed by atoms with Gasteiger partial charge in [-0.3, -0.25) is 0 Å². The lowest BCUT2D eigenvalue weighted by molar-refractivity contribution is 0.200. The van der Waals surface area contributed by atoms with Crippen LogP contribution in [-0.2, 0) is 10.0 Å². The highest BCUT2D eigenvalue weighted by atomic mass is 35.5. The molecule has 1 aliphatic heterocycles. The van der Waals surface area contributed by atoms with Gasteiger partial charge in [-0.15, -0.1) is 0 Å². The summed E-state index contributed by atoms with van der Waals surface area (Å²) in [5, 5.41) is 1.87. The highest BCUT2D eigenvalue weighted by Gasteiger charge is 2.31. The molecule has 6 nitrogen and oxygen atoms in total. The lowest BCUT2D eigenvalue weighted by atomic mass is 10.1. The van der Waals surface area contributed by atoms with Crippen molar-refractivity contribution in [3.8, 4) is 0 Å². The lowest BCUT2D eigenvalue weighted by Gasteiger charge is -2.32. The third kappa shape index (κ3) is 3.88. The van der Waals surface area contributed by atoms with Crippen LogP contribution in [0, 0.1) is 5.82 Å². The van der Waals surface area contributed by atoms with Crippen LogP contribution in [0.2, 0.25) is 5.02 Å². The van der Waals surface area contributed by atoms with Crippen molar-refractivity contribution in [2.45, 2.75) is 18.1 Å². The summed E-state index contributed by atoms with van der Waals surface area (Å²) in [5.41, 5.74) is 0.269. The number of anilines is 1. The first-order valence-electron chi connectivity index (χ1n) is 6.77. The number of likely N-dealkylation sites (tertiary alicyclic amines) is 1. The molecule has 122 valence electrons. The Labute approximate surface area is 133 Å². The average molecular weight is 350 g/mol. The van der Waals surface area contributed by atoms with Gasteiger partial charge in [-0.1, -0.05) is 11.6 Å². The number of nitrogens with zero attached hydrogens (tertiary/aromatic N) is 1. The molecule has 1 atom stereocenters. The Kier molecular flexibility index (Phi) is 5.25. The fourth-order valence-electron chi connectivity index (χ4n) is 2.32. The molecule has 1 aliphatic rings. The Balaban J connectivity index is 2.04. The first kappa shape index (κ1) is 17.0. The van der Waals surface area contributed by atoms with Crippen LogP contribution in [0.4, 0.5) is 14.9 Å². The van der Waals surface area contributed by atoms with Crippen molar-refractivity contribution in [1.29, 1.82) is 0 Å². The Hall–Kier alpha value is -1.38. The zero-order valence-electron chi connectivity index (χ0n) is 12.0. The zero-order valence-corrected chi connectivity index (χ0v) is 13.5. The van der Waals surface area contributed by atoms with Crippen LogP contribution >= 0.6 is 11.6 Å². The molecule has 2 N–H and O–H groups in total. The van der Waals surface area contributed by atoms with Gasteiger partial charge >= 0.3 is 6.03 Å². The fraction of sp³-hybridized carbons (Fsp3) is 0.462. The van der Waals surface area contributed by atoms with Crippen LogP contribution in [0.3, 0.4) is 0 Å². The molecule has 0 radical (unpaired) electrons. The molecule has 0 saturated carbocycles. The molecule has 2 rings (SSSR count). The number of sulfonamides is 1. The van der Waals surface area contributed by atoms with Crippen LogP contribution in [-0.4, -0.2) is 44.7 Å². The Morgan fingerprint density at radius 3 is 2.82 bits per heavy atom. The van der Waals surface area contributed by atoms with Crippen LogP contribution in [0.1, 0.15) is 12.8 Å². The zero-order chi connectivity index (χ0) is 16.3. The molecule has 0 aliphatic carbocycles. The molecule has 1 heterocycles. The number of amides is 2. The van der Waals surface area contributed by atoms with Crippen LogP contribution in [0.5, 0.6) is 0 Å². The summed E-state index contributed by atoms with van der Waals surface area (Å²) in [6, 6.07) is 3.48. The SMILES string of the molecule is CNS(=O)(=O)[C@@H]1CCCN(C(=O)Nc2ccc(Cl)c(F)c2)C1. The number of nitrogens with one attached hydrogen (secondary N) is 2. The van der Waals surface area contributed by atoms with E-state index in [1.54, 1.807) is 0 Å². The minimum atomic E-state index is -3.42. The maximum atomic E-state index is 13.4. The maximum Gasteiger partial charge on any atom is 0.321 e. The molecule has 1 aromatic carbocycles. The highest BCUT2D eigenvalue weighted by molar-refractivity contribution is 7.90. The number of benzene rings is 1. The number of urea groups is 1. The first-order valence-corrected chi connectivity index (χ1v) is 8.69. The predicted molar refractivity (Wildman–Crippen MR) is 83.0 cm³/mol. The number of piperidine rings is 1. The maximum absolute atomic E-state index is 13.4. The van der Waals surface area contributed by atoms with Crippen LogP contribution < -0.4 is 10.0 Å². The van der Waals surface area contributed by atoms with E-state index in [0.717, 1.165) is 6.07 Å². The van der Waals surface area contributed by atoms with Crippen molar-refractivity contribution < 1.29 is 17.6 Å². The quantitative estimate of drug-likeness (QED) is 0.876. The Bertz CT molecular complexity index is 668. The third-order valence-corrected chi connectivity index (χ3v) is 5.70. The van der Waals surface area contributed by atoms with E-state index < -0.39 is 27.1 Å². The minimum Gasteiger partial charge on any atom is -0.323 e. The smallest absolute Gasteiger partial charge is 0.321 e. The number of carbonyl (C=O) groups is 1. The minimum absolute atomic E-state index is 0.0313. The predicted octanol–water partition coefficient (Wildman–Crippen LogP) is 2.02. The van der Waals surface area contributed by atoms with E-state index in [-0.39, 0.29) is 17.3 Å². The van der Waals surface area contributed by atoms with E-state index in [1.165, 1.54) is 24.1 Å². The molecule has 9 heteroatoms.